The van der Waals surface area contributed by atoms with E-state index in [-0.39, 0.29) is 25.2 Å². The molecule has 0 amide bonds. The van der Waals surface area contributed by atoms with Gasteiger partial charge in [-0.05, 0) is 73.2 Å². The number of esters is 2. The summed E-state index contributed by atoms with van der Waals surface area (Å²) in [6.07, 6.45) is 6.56. The Morgan fingerprint density at radius 1 is 0.656 bits per heavy atom. The van der Waals surface area contributed by atoms with E-state index in [4.69, 9.17) is 32.7 Å². The van der Waals surface area contributed by atoms with Crippen molar-refractivity contribution < 1.29 is 19.1 Å². The summed E-state index contributed by atoms with van der Waals surface area (Å²) < 4.78 is 10.7. The van der Waals surface area contributed by atoms with Gasteiger partial charge in [-0.2, -0.15) is 0 Å². The smallest absolute Gasteiger partial charge is 0.306 e. The molecule has 0 atom stereocenters. The molecule has 0 radical (unpaired) electrons. The van der Waals surface area contributed by atoms with Gasteiger partial charge in [-0.15, -0.1) is 0 Å². The molecule has 0 aliphatic rings. The molecule has 0 saturated carbocycles. The first-order valence-electron chi connectivity index (χ1n) is 11.2. The number of carbonyl (C=O) groups excluding carboxylic acids is 2. The molecule has 0 saturated heterocycles. The minimum Gasteiger partial charge on any atom is -0.461 e. The molecule has 32 heavy (non-hydrogen) atoms. The summed E-state index contributed by atoms with van der Waals surface area (Å²) in [4.78, 5) is 23.8. The molecule has 2 aromatic carbocycles. The summed E-state index contributed by atoms with van der Waals surface area (Å²) in [5.74, 6) is -0.337. The summed E-state index contributed by atoms with van der Waals surface area (Å²) in [6.45, 7) is 4.48. The maximum Gasteiger partial charge on any atom is 0.306 e. The molecule has 0 unspecified atom stereocenters. The van der Waals surface area contributed by atoms with Crippen LogP contribution in [-0.2, 0) is 32.3 Å². The number of unbranched alkanes of at least 4 members (excludes halogenated alkanes) is 5. The second kappa shape index (κ2) is 14.2. The summed E-state index contributed by atoms with van der Waals surface area (Å²) in [7, 11) is 0. The third-order valence-electron chi connectivity index (χ3n) is 5.40. The third kappa shape index (κ3) is 10.1. The van der Waals surface area contributed by atoms with Gasteiger partial charge in [0.1, 0.15) is 13.2 Å². The van der Waals surface area contributed by atoms with Crippen LogP contribution in [0.15, 0.2) is 36.4 Å². The van der Waals surface area contributed by atoms with Crippen LogP contribution in [0.3, 0.4) is 0 Å². The largest absolute Gasteiger partial charge is 0.461 e. The van der Waals surface area contributed by atoms with Gasteiger partial charge in [0.15, 0.2) is 0 Å². The predicted octanol–water partition coefficient (Wildman–Crippen LogP) is 7.52. The Kier molecular flexibility index (Phi) is 11.6. The van der Waals surface area contributed by atoms with Crippen LogP contribution in [0.2, 0.25) is 10.0 Å². The highest BCUT2D eigenvalue weighted by Gasteiger charge is 2.07. The molecular formula is C26H32Cl2O4. The lowest BCUT2D eigenvalue weighted by atomic mass is 10.1. The quantitative estimate of drug-likeness (QED) is 0.220. The van der Waals surface area contributed by atoms with E-state index in [2.05, 4.69) is 0 Å². The van der Waals surface area contributed by atoms with Crippen LogP contribution >= 0.6 is 23.2 Å². The Morgan fingerprint density at radius 2 is 1.03 bits per heavy atom. The predicted molar refractivity (Wildman–Crippen MR) is 129 cm³/mol. The van der Waals surface area contributed by atoms with Crippen molar-refractivity contribution in [2.75, 3.05) is 0 Å². The second-order valence-electron chi connectivity index (χ2n) is 8.08. The molecule has 4 nitrogen and oxygen atoms in total. The van der Waals surface area contributed by atoms with Crippen molar-refractivity contribution in [1.82, 2.24) is 0 Å². The summed E-state index contributed by atoms with van der Waals surface area (Å²) in [6, 6.07) is 11.1. The number of carbonyl (C=O) groups is 2. The van der Waals surface area contributed by atoms with E-state index < -0.39 is 0 Å². The number of benzene rings is 2. The fourth-order valence-electron chi connectivity index (χ4n) is 3.35. The van der Waals surface area contributed by atoms with Crippen LogP contribution in [0.5, 0.6) is 0 Å². The molecule has 0 spiro atoms. The molecular weight excluding hydrogens is 447 g/mol. The molecule has 0 aromatic heterocycles. The lowest BCUT2D eigenvalue weighted by molar-refractivity contribution is -0.146. The zero-order valence-electron chi connectivity index (χ0n) is 18.9. The number of hydrogen-bond acceptors (Lipinski definition) is 4. The van der Waals surface area contributed by atoms with Crippen LogP contribution in [0.1, 0.15) is 73.6 Å². The lowest BCUT2D eigenvalue weighted by Gasteiger charge is -2.08. The average Bonchev–Trinajstić information content (AvgIpc) is 2.74. The number of rotatable bonds is 13. The molecule has 0 fully saturated rings. The maximum absolute atomic E-state index is 11.9. The van der Waals surface area contributed by atoms with E-state index in [0.29, 0.717) is 22.9 Å². The molecule has 0 N–H and O–H groups in total. The zero-order valence-corrected chi connectivity index (χ0v) is 20.4. The first-order chi connectivity index (χ1) is 15.3. The molecule has 174 valence electrons. The molecule has 0 aliphatic heterocycles. The number of hydrogen-bond donors (Lipinski definition) is 0. The van der Waals surface area contributed by atoms with Crippen molar-refractivity contribution in [1.29, 1.82) is 0 Å². The van der Waals surface area contributed by atoms with Crippen LogP contribution < -0.4 is 0 Å². The summed E-state index contributed by atoms with van der Waals surface area (Å²) in [5.41, 5.74) is 4.00. The van der Waals surface area contributed by atoms with Gasteiger partial charge in [0.05, 0.1) is 0 Å². The van der Waals surface area contributed by atoms with Crippen LogP contribution in [-0.4, -0.2) is 11.9 Å². The van der Waals surface area contributed by atoms with E-state index in [1.54, 1.807) is 12.1 Å². The van der Waals surface area contributed by atoms with E-state index in [1.165, 1.54) is 0 Å². The highest BCUT2D eigenvalue weighted by molar-refractivity contribution is 6.30. The fraction of sp³-hybridized carbons (Fsp3) is 0.462. The minimum atomic E-state index is -0.169. The molecule has 2 rings (SSSR count). The second-order valence-corrected chi connectivity index (χ2v) is 8.96. The van der Waals surface area contributed by atoms with Gasteiger partial charge in [0.2, 0.25) is 0 Å². The van der Waals surface area contributed by atoms with Gasteiger partial charge in [-0.1, -0.05) is 61.0 Å². The molecule has 2 aromatic rings. The molecule has 6 heteroatoms. The Balaban J connectivity index is 1.46. The molecule has 0 heterocycles. The van der Waals surface area contributed by atoms with Crippen molar-refractivity contribution in [2.45, 2.75) is 78.4 Å². The van der Waals surface area contributed by atoms with E-state index in [0.717, 1.165) is 60.8 Å². The monoisotopic (exact) mass is 478 g/mol. The topological polar surface area (TPSA) is 52.6 Å². The Labute approximate surface area is 201 Å². The van der Waals surface area contributed by atoms with Gasteiger partial charge in [0, 0.05) is 22.9 Å². The van der Waals surface area contributed by atoms with E-state index in [9.17, 15) is 9.59 Å². The highest BCUT2D eigenvalue weighted by Crippen LogP contribution is 2.18. The van der Waals surface area contributed by atoms with Crippen molar-refractivity contribution in [3.63, 3.8) is 0 Å². The lowest BCUT2D eigenvalue weighted by Crippen LogP contribution is -2.05. The highest BCUT2D eigenvalue weighted by atomic mass is 35.5. The van der Waals surface area contributed by atoms with Crippen molar-refractivity contribution >= 4 is 35.1 Å². The first kappa shape index (κ1) is 26.2. The minimum absolute atomic E-state index is 0.169. The van der Waals surface area contributed by atoms with Gasteiger partial charge in [-0.3, -0.25) is 9.59 Å². The molecule has 0 bridgehead atoms. The van der Waals surface area contributed by atoms with Gasteiger partial charge >= 0.3 is 11.9 Å². The standard InChI is InChI=1S/C26H32Cl2O4/c1-19-15-23(27)13-11-21(19)17-31-25(29)9-7-5-3-4-6-8-10-26(30)32-18-22-12-14-24(28)16-20(22)2/h11-16H,3-10,17-18H2,1-2H3. The normalized spacial score (nSPS) is 10.8. The zero-order chi connectivity index (χ0) is 23.3. The van der Waals surface area contributed by atoms with Crippen LogP contribution in [0.25, 0.3) is 0 Å². The Hall–Kier alpha value is -2.04. The van der Waals surface area contributed by atoms with Crippen LogP contribution in [0, 0.1) is 13.8 Å². The summed E-state index contributed by atoms with van der Waals surface area (Å²) in [5, 5.41) is 1.37. The molecule has 0 aliphatic carbocycles. The SMILES string of the molecule is Cc1cc(Cl)ccc1COC(=O)CCCCCCCCC(=O)OCc1ccc(Cl)cc1C. The Bertz CT molecular complexity index is 822. The third-order valence-corrected chi connectivity index (χ3v) is 5.87. The number of ether oxygens (including phenoxy) is 2. The Morgan fingerprint density at radius 3 is 1.41 bits per heavy atom. The number of aryl methyl sites for hydroxylation is 2. The van der Waals surface area contributed by atoms with E-state index in [1.807, 2.05) is 38.1 Å². The number of halogens is 2. The first-order valence-corrected chi connectivity index (χ1v) is 11.9. The van der Waals surface area contributed by atoms with Gasteiger partial charge in [0.25, 0.3) is 0 Å². The maximum atomic E-state index is 11.9. The van der Waals surface area contributed by atoms with Gasteiger partial charge < -0.3 is 9.47 Å². The fourth-order valence-corrected chi connectivity index (χ4v) is 3.80. The van der Waals surface area contributed by atoms with Gasteiger partial charge in [-0.25, -0.2) is 0 Å². The van der Waals surface area contributed by atoms with Crippen LogP contribution in [0.4, 0.5) is 0 Å². The average molecular weight is 479 g/mol. The van der Waals surface area contributed by atoms with Crippen molar-refractivity contribution in [3.05, 3.63) is 68.7 Å². The van der Waals surface area contributed by atoms with Crippen molar-refractivity contribution in [2.24, 2.45) is 0 Å². The van der Waals surface area contributed by atoms with E-state index >= 15 is 0 Å². The van der Waals surface area contributed by atoms with Crippen molar-refractivity contribution in [3.8, 4) is 0 Å². The summed E-state index contributed by atoms with van der Waals surface area (Å²) >= 11 is 11.9.